The fourth-order valence-electron chi connectivity index (χ4n) is 4.94. The highest BCUT2D eigenvalue weighted by molar-refractivity contribution is 5.98. The van der Waals surface area contributed by atoms with Crippen LogP contribution in [0.4, 0.5) is 4.39 Å². The predicted molar refractivity (Wildman–Crippen MR) is 122 cm³/mol. The van der Waals surface area contributed by atoms with Crippen LogP contribution in [0.1, 0.15) is 76.9 Å². The first kappa shape index (κ1) is 21.6. The van der Waals surface area contributed by atoms with E-state index in [1.165, 1.54) is 12.1 Å². The number of likely N-dealkylation sites (tertiary alicyclic amines) is 2. The van der Waals surface area contributed by atoms with E-state index in [9.17, 15) is 14.0 Å². The number of aromatic amines is 1. The molecule has 2 aliphatic heterocycles. The second-order valence-corrected chi connectivity index (χ2v) is 9.00. The van der Waals surface area contributed by atoms with Gasteiger partial charge < -0.3 is 14.8 Å². The van der Waals surface area contributed by atoms with E-state index < -0.39 is 0 Å². The van der Waals surface area contributed by atoms with Gasteiger partial charge in [-0.05, 0) is 69.7 Å². The Morgan fingerprint density at radius 3 is 2.61 bits per heavy atom. The van der Waals surface area contributed by atoms with Gasteiger partial charge in [0.1, 0.15) is 11.5 Å². The van der Waals surface area contributed by atoms with Crippen molar-refractivity contribution in [2.75, 3.05) is 19.6 Å². The van der Waals surface area contributed by atoms with Crippen molar-refractivity contribution in [1.82, 2.24) is 24.8 Å². The van der Waals surface area contributed by atoms with Crippen molar-refractivity contribution < 1.29 is 14.0 Å². The van der Waals surface area contributed by atoms with Gasteiger partial charge in [0, 0.05) is 36.7 Å². The molecule has 1 N–H and O–H groups in total. The molecule has 0 aliphatic carbocycles. The van der Waals surface area contributed by atoms with Crippen LogP contribution in [-0.4, -0.2) is 56.2 Å². The molecule has 4 heterocycles. The fourth-order valence-corrected chi connectivity index (χ4v) is 4.94. The van der Waals surface area contributed by atoms with Gasteiger partial charge in [0.2, 0.25) is 0 Å². The maximum absolute atomic E-state index is 13.6. The number of nitrogens with zero attached hydrogens (tertiary/aromatic N) is 4. The largest absolute Gasteiger partial charge is 0.350 e. The number of piperidine rings is 2. The predicted octanol–water partition coefficient (Wildman–Crippen LogP) is 4.40. The van der Waals surface area contributed by atoms with Crippen molar-refractivity contribution >= 4 is 22.7 Å². The topological polar surface area (TPSA) is 82.2 Å². The standard InChI is InChI=1S/C25H28FN5O2/c1-16-19(24(32)30-10-4-2-5-11-30)15-27-23(28-16)22-7-3-6-12-31(22)25(33)21-13-17-8-9-18(26)14-20(17)29-21/h8-9,13-15,22,29H,2-7,10-12H2,1H3/t22-/m0/s1. The Labute approximate surface area is 192 Å². The number of halogens is 1. The number of aromatic nitrogens is 3. The molecule has 0 spiro atoms. The molecule has 2 amide bonds. The Kier molecular flexibility index (Phi) is 5.83. The summed E-state index contributed by atoms with van der Waals surface area (Å²) in [7, 11) is 0. The number of rotatable bonds is 3. The quantitative estimate of drug-likeness (QED) is 0.643. The van der Waals surface area contributed by atoms with E-state index in [1.807, 2.05) is 11.8 Å². The summed E-state index contributed by atoms with van der Waals surface area (Å²) < 4.78 is 13.6. The lowest BCUT2D eigenvalue weighted by molar-refractivity contribution is 0.0592. The third kappa shape index (κ3) is 4.21. The van der Waals surface area contributed by atoms with E-state index in [-0.39, 0.29) is 23.7 Å². The number of hydrogen-bond acceptors (Lipinski definition) is 4. The van der Waals surface area contributed by atoms with E-state index in [1.54, 1.807) is 23.2 Å². The number of nitrogens with one attached hydrogen (secondary N) is 1. The van der Waals surface area contributed by atoms with Crippen molar-refractivity contribution in [3.05, 3.63) is 59.1 Å². The zero-order valence-electron chi connectivity index (χ0n) is 18.8. The highest BCUT2D eigenvalue weighted by Crippen LogP contribution is 2.31. The second kappa shape index (κ2) is 8.92. The molecule has 0 bridgehead atoms. The molecule has 0 saturated carbocycles. The number of aryl methyl sites for hydroxylation is 1. The molecule has 33 heavy (non-hydrogen) atoms. The van der Waals surface area contributed by atoms with E-state index in [0.29, 0.717) is 34.8 Å². The first-order valence-electron chi connectivity index (χ1n) is 11.7. The van der Waals surface area contributed by atoms with E-state index in [2.05, 4.69) is 15.0 Å². The van der Waals surface area contributed by atoms with Crippen molar-refractivity contribution in [2.24, 2.45) is 0 Å². The highest BCUT2D eigenvalue weighted by atomic mass is 19.1. The Hall–Kier alpha value is -3.29. The third-order valence-corrected chi connectivity index (χ3v) is 6.75. The number of carbonyl (C=O) groups excluding carboxylic acids is 2. The Balaban J connectivity index is 1.40. The number of carbonyl (C=O) groups is 2. The molecule has 1 aromatic carbocycles. The molecule has 8 heteroatoms. The van der Waals surface area contributed by atoms with Gasteiger partial charge in [-0.25, -0.2) is 14.4 Å². The normalized spacial score (nSPS) is 19.2. The molecular formula is C25H28FN5O2. The van der Waals surface area contributed by atoms with Gasteiger partial charge >= 0.3 is 0 Å². The molecule has 1 atom stereocenters. The van der Waals surface area contributed by atoms with Crippen molar-refractivity contribution in [3.8, 4) is 0 Å². The first-order valence-corrected chi connectivity index (χ1v) is 11.7. The summed E-state index contributed by atoms with van der Waals surface area (Å²) in [4.78, 5) is 42.3. The number of amides is 2. The average Bonchev–Trinajstić information content (AvgIpc) is 3.27. The summed E-state index contributed by atoms with van der Waals surface area (Å²) in [5, 5.41) is 0.793. The lowest BCUT2D eigenvalue weighted by atomic mass is 10.0. The molecule has 7 nitrogen and oxygen atoms in total. The van der Waals surface area contributed by atoms with E-state index in [4.69, 9.17) is 0 Å². The van der Waals surface area contributed by atoms with Gasteiger partial charge in [-0.15, -0.1) is 0 Å². The molecule has 5 rings (SSSR count). The molecular weight excluding hydrogens is 421 g/mol. The van der Waals surface area contributed by atoms with Gasteiger partial charge in [-0.1, -0.05) is 0 Å². The molecule has 2 saturated heterocycles. The summed E-state index contributed by atoms with van der Waals surface area (Å²) in [6.45, 7) is 3.99. The molecule has 172 valence electrons. The van der Waals surface area contributed by atoms with Crippen LogP contribution in [0.15, 0.2) is 30.5 Å². The summed E-state index contributed by atoms with van der Waals surface area (Å²) >= 11 is 0. The molecule has 0 radical (unpaired) electrons. The third-order valence-electron chi connectivity index (χ3n) is 6.75. The lowest BCUT2D eigenvalue weighted by Gasteiger charge is -2.34. The average molecular weight is 450 g/mol. The summed E-state index contributed by atoms with van der Waals surface area (Å²) in [5.41, 5.74) is 2.21. The molecule has 0 unspecified atom stereocenters. The van der Waals surface area contributed by atoms with Gasteiger partial charge in [0.25, 0.3) is 11.8 Å². The van der Waals surface area contributed by atoms with Crippen LogP contribution in [-0.2, 0) is 0 Å². The maximum atomic E-state index is 13.6. The highest BCUT2D eigenvalue weighted by Gasteiger charge is 2.32. The maximum Gasteiger partial charge on any atom is 0.270 e. The first-order chi connectivity index (χ1) is 16.0. The molecule has 3 aromatic rings. The number of fused-ring (bicyclic) bond motifs is 1. The number of H-pyrrole nitrogens is 1. The number of hydrogen-bond donors (Lipinski definition) is 1. The molecule has 2 aliphatic rings. The molecule has 2 aromatic heterocycles. The monoisotopic (exact) mass is 449 g/mol. The van der Waals surface area contributed by atoms with Gasteiger partial charge in [0.05, 0.1) is 17.3 Å². The lowest BCUT2D eigenvalue weighted by Crippen LogP contribution is -2.40. The summed E-state index contributed by atoms with van der Waals surface area (Å²) in [6.07, 6.45) is 7.49. The van der Waals surface area contributed by atoms with E-state index >= 15 is 0 Å². The smallest absolute Gasteiger partial charge is 0.270 e. The zero-order valence-corrected chi connectivity index (χ0v) is 18.8. The number of benzene rings is 1. The van der Waals surface area contributed by atoms with Gasteiger partial charge in [-0.3, -0.25) is 9.59 Å². The van der Waals surface area contributed by atoms with Crippen LogP contribution in [0.3, 0.4) is 0 Å². The Morgan fingerprint density at radius 1 is 1.03 bits per heavy atom. The molecule has 2 fully saturated rings. The summed E-state index contributed by atoms with van der Waals surface area (Å²) in [5.74, 6) is 0.0619. The van der Waals surface area contributed by atoms with Crippen LogP contribution < -0.4 is 0 Å². The van der Waals surface area contributed by atoms with Crippen molar-refractivity contribution in [3.63, 3.8) is 0 Å². The van der Waals surface area contributed by atoms with Crippen LogP contribution in [0.2, 0.25) is 0 Å². The minimum atomic E-state index is -0.345. The van der Waals surface area contributed by atoms with Crippen molar-refractivity contribution in [1.29, 1.82) is 0 Å². The van der Waals surface area contributed by atoms with Crippen LogP contribution in [0.5, 0.6) is 0 Å². The van der Waals surface area contributed by atoms with Gasteiger partial charge in [-0.2, -0.15) is 0 Å². The second-order valence-electron chi connectivity index (χ2n) is 9.00. The van der Waals surface area contributed by atoms with Gasteiger partial charge in [0.15, 0.2) is 5.82 Å². The minimum Gasteiger partial charge on any atom is -0.350 e. The minimum absolute atomic E-state index is 0.0133. The zero-order chi connectivity index (χ0) is 22.9. The SMILES string of the molecule is Cc1nc([C@@H]2CCCCN2C(=O)c2cc3ccc(F)cc3[nH]2)ncc1C(=O)N1CCCCC1. The van der Waals surface area contributed by atoms with Crippen LogP contribution >= 0.6 is 0 Å². The van der Waals surface area contributed by atoms with E-state index in [0.717, 1.165) is 57.0 Å². The Morgan fingerprint density at radius 2 is 1.82 bits per heavy atom. The van der Waals surface area contributed by atoms with Crippen LogP contribution in [0.25, 0.3) is 10.9 Å². The Bertz CT molecular complexity index is 1200. The fraction of sp³-hybridized carbons (Fsp3) is 0.440. The van der Waals surface area contributed by atoms with Crippen molar-refractivity contribution in [2.45, 2.75) is 51.5 Å². The van der Waals surface area contributed by atoms with Crippen LogP contribution in [0, 0.1) is 12.7 Å². The summed E-state index contributed by atoms with van der Waals surface area (Å²) in [6, 6.07) is 5.94.